The molecule has 0 saturated heterocycles. The molecule has 90 valence electrons. The van der Waals surface area contributed by atoms with Gasteiger partial charge in [0.05, 0.1) is 19.6 Å². The van der Waals surface area contributed by atoms with Crippen LogP contribution in [0.5, 0.6) is 5.75 Å². The number of hydrogen-bond donors (Lipinski definition) is 1. The Morgan fingerprint density at radius 3 is 2.76 bits per heavy atom. The number of carbonyl (C=O) groups excluding carboxylic acids is 1. The Hall–Kier alpha value is -1.84. The molecule has 1 N–H and O–H groups in total. The standard InChI is InChI=1S/C13H16N2O2/c1-2-17-11-5-3-10(4-6-11)12(16)9-13-14-7-8-15-13/h3-6H,2,7-9H2,1H3,(H,14,15). The Bertz CT molecular complexity index is 424. The minimum atomic E-state index is 0.0844. The van der Waals surface area contributed by atoms with Crippen molar-refractivity contribution in [3.8, 4) is 5.75 Å². The van der Waals surface area contributed by atoms with E-state index in [9.17, 15) is 4.79 Å². The first-order chi connectivity index (χ1) is 8.29. The Labute approximate surface area is 101 Å². The van der Waals surface area contributed by atoms with Crippen LogP contribution in [0.15, 0.2) is 29.3 Å². The van der Waals surface area contributed by atoms with Crippen LogP contribution in [0.4, 0.5) is 0 Å². The van der Waals surface area contributed by atoms with Crippen molar-refractivity contribution < 1.29 is 9.53 Å². The molecule has 4 heteroatoms. The fraction of sp³-hybridized carbons (Fsp3) is 0.385. The number of ketones is 1. The number of Topliss-reactive ketones (excluding diaryl/α,β-unsaturated/α-hetero) is 1. The van der Waals surface area contributed by atoms with Gasteiger partial charge in [0.2, 0.25) is 0 Å². The van der Waals surface area contributed by atoms with E-state index >= 15 is 0 Å². The monoisotopic (exact) mass is 232 g/mol. The summed E-state index contributed by atoms with van der Waals surface area (Å²) in [5, 5.41) is 3.09. The second-order valence-electron chi connectivity index (χ2n) is 3.81. The minimum Gasteiger partial charge on any atom is -0.494 e. The molecule has 1 heterocycles. The third-order valence-corrected chi connectivity index (χ3v) is 2.56. The number of rotatable bonds is 5. The summed E-state index contributed by atoms with van der Waals surface area (Å²) in [5.74, 6) is 1.67. The van der Waals surface area contributed by atoms with E-state index in [0.717, 1.165) is 24.7 Å². The molecule has 0 aliphatic carbocycles. The number of amidine groups is 1. The van der Waals surface area contributed by atoms with Crippen molar-refractivity contribution >= 4 is 11.6 Å². The third-order valence-electron chi connectivity index (χ3n) is 2.56. The van der Waals surface area contributed by atoms with Gasteiger partial charge in [0.15, 0.2) is 5.78 Å². The van der Waals surface area contributed by atoms with Gasteiger partial charge in [-0.25, -0.2) is 0 Å². The highest BCUT2D eigenvalue weighted by atomic mass is 16.5. The maximum atomic E-state index is 11.9. The summed E-state index contributed by atoms with van der Waals surface area (Å²) in [7, 11) is 0. The van der Waals surface area contributed by atoms with Crippen LogP contribution in [0, 0.1) is 0 Å². The van der Waals surface area contributed by atoms with Crippen molar-refractivity contribution in [1.29, 1.82) is 0 Å². The SMILES string of the molecule is CCOc1ccc(C(=O)CC2=NCCN2)cc1. The average molecular weight is 232 g/mol. The number of nitrogens with zero attached hydrogens (tertiary/aromatic N) is 1. The lowest BCUT2D eigenvalue weighted by molar-refractivity contribution is 0.1000. The van der Waals surface area contributed by atoms with E-state index < -0.39 is 0 Å². The summed E-state index contributed by atoms with van der Waals surface area (Å²) in [6.45, 7) is 4.18. The van der Waals surface area contributed by atoms with Crippen LogP contribution in [-0.2, 0) is 0 Å². The van der Waals surface area contributed by atoms with E-state index in [0.29, 0.717) is 18.6 Å². The number of carbonyl (C=O) groups is 1. The summed E-state index contributed by atoms with van der Waals surface area (Å²) in [4.78, 5) is 16.1. The molecule has 2 rings (SSSR count). The zero-order valence-corrected chi connectivity index (χ0v) is 9.90. The van der Waals surface area contributed by atoms with Crippen LogP contribution < -0.4 is 10.1 Å². The molecule has 17 heavy (non-hydrogen) atoms. The Morgan fingerprint density at radius 1 is 1.41 bits per heavy atom. The maximum Gasteiger partial charge on any atom is 0.170 e. The predicted octanol–water partition coefficient (Wildman–Crippen LogP) is 1.66. The highest BCUT2D eigenvalue weighted by Crippen LogP contribution is 2.13. The number of aliphatic imine (C=N–C) groups is 1. The molecule has 1 aliphatic rings. The molecule has 0 bridgehead atoms. The van der Waals surface area contributed by atoms with Gasteiger partial charge in [-0.15, -0.1) is 0 Å². The normalized spacial score (nSPS) is 14.1. The van der Waals surface area contributed by atoms with E-state index in [2.05, 4.69) is 10.3 Å². The van der Waals surface area contributed by atoms with Crippen LogP contribution in [0.1, 0.15) is 23.7 Å². The zero-order valence-electron chi connectivity index (χ0n) is 9.90. The van der Waals surface area contributed by atoms with E-state index in [-0.39, 0.29) is 5.78 Å². The van der Waals surface area contributed by atoms with Crippen molar-refractivity contribution in [2.45, 2.75) is 13.3 Å². The number of hydrogen-bond acceptors (Lipinski definition) is 4. The second kappa shape index (κ2) is 5.48. The van der Waals surface area contributed by atoms with Crippen LogP contribution in [0.2, 0.25) is 0 Å². The highest BCUT2D eigenvalue weighted by Gasteiger charge is 2.12. The smallest absolute Gasteiger partial charge is 0.170 e. The molecule has 0 fully saturated rings. The van der Waals surface area contributed by atoms with Crippen LogP contribution in [-0.4, -0.2) is 31.3 Å². The number of nitrogens with one attached hydrogen (secondary N) is 1. The van der Waals surface area contributed by atoms with Crippen LogP contribution in [0.3, 0.4) is 0 Å². The quantitative estimate of drug-likeness (QED) is 0.785. The van der Waals surface area contributed by atoms with E-state index in [1.54, 1.807) is 12.1 Å². The van der Waals surface area contributed by atoms with Crippen molar-refractivity contribution in [2.75, 3.05) is 19.7 Å². The fourth-order valence-corrected chi connectivity index (χ4v) is 1.72. The largest absolute Gasteiger partial charge is 0.494 e. The molecule has 0 unspecified atom stereocenters. The lowest BCUT2D eigenvalue weighted by Gasteiger charge is -2.05. The van der Waals surface area contributed by atoms with Gasteiger partial charge in [-0.3, -0.25) is 9.79 Å². The van der Waals surface area contributed by atoms with E-state index in [1.807, 2.05) is 19.1 Å². The first-order valence-corrected chi connectivity index (χ1v) is 5.83. The first-order valence-electron chi connectivity index (χ1n) is 5.83. The van der Waals surface area contributed by atoms with Gasteiger partial charge in [0.1, 0.15) is 11.6 Å². The van der Waals surface area contributed by atoms with Crippen LogP contribution >= 0.6 is 0 Å². The molecule has 0 saturated carbocycles. The van der Waals surface area contributed by atoms with Crippen molar-refractivity contribution in [3.05, 3.63) is 29.8 Å². The minimum absolute atomic E-state index is 0.0844. The molecule has 1 aromatic rings. The molecular formula is C13H16N2O2. The lowest BCUT2D eigenvalue weighted by atomic mass is 10.1. The fourth-order valence-electron chi connectivity index (χ4n) is 1.72. The van der Waals surface area contributed by atoms with Crippen molar-refractivity contribution in [1.82, 2.24) is 5.32 Å². The lowest BCUT2D eigenvalue weighted by Crippen LogP contribution is -2.21. The molecule has 0 aromatic heterocycles. The Morgan fingerprint density at radius 2 is 2.18 bits per heavy atom. The topological polar surface area (TPSA) is 50.7 Å². The molecular weight excluding hydrogens is 216 g/mol. The van der Waals surface area contributed by atoms with Gasteiger partial charge in [-0.05, 0) is 31.2 Å². The van der Waals surface area contributed by atoms with Gasteiger partial charge in [0, 0.05) is 12.1 Å². The van der Waals surface area contributed by atoms with Gasteiger partial charge in [-0.1, -0.05) is 0 Å². The predicted molar refractivity (Wildman–Crippen MR) is 66.9 cm³/mol. The van der Waals surface area contributed by atoms with Gasteiger partial charge in [-0.2, -0.15) is 0 Å². The second-order valence-corrected chi connectivity index (χ2v) is 3.81. The van der Waals surface area contributed by atoms with E-state index in [1.165, 1.54) is 0 Å². The van der Waals surface area contributed by atoms with Gasteiger partial charge < -0.3 is 10.1 Å². The number of ether oxygens (including phenoxy) is 1. The highest BCUT2D eigenvalue weighted by molar-refractivity contribution is 6.09. The summed E-state index contributed by atoms with van der Waals surface area (Å²) in [6.07, 6.45) is 0.355. The summed E-state index contributed by atoms with van der Waals surface area (Å²) >= 11 is 0. The molecule has 0 spiro atoms. The molecule has 1 aliphatic heterocycles. The molecule has 4 nitrogen and oxygen atoms in total. The van der Waals surface area contributed by atoms with Crippen molar-refractivity contribution in [3.63, 3.8) is 0 Å². The maximum absolute atomic E-state index is 11.9. The average Bonchev–Trinajstić information content (AvgIpc) is 2.83. The van der Waals surface area contributed by atoms with Gasteiger partial charge in [0.25, 0.3) is 0 Å². The van der Waals surface area contributed by atoms with E-state index in [4.69, 9.17) is 4.74 Å². The Kier molecular flexibility index (Phi) is 3.75. The first kappa shape index (κ1) is 11.6. The zero-order chi connectivity index (χ0) is 12.1. The molecule has 0 amide bonds. The molecule has 1 aromatic carbocycles. The molecule has 0 radical (unpaired) electrons. The molecule has 0 atom stereocenters. The summed E-state index contributed by atoms with van der Waals surface area (Å²) < 4.78 is 5.33. The van der Waals surface area contributed by atoms with Crippen LogP contribution in [0.25, 0.3) is 0 Å². The summed E-state index contributed by atoms with van der Waals surface area (Å²) in [5.41, 5.74) is 0.699. The van der Waals surface area contributed by atoms with Crippen molar-refractivity contribution in [2.24, 2.45) is 4.99 Å². The number of benzene rings is 1. The Balaban J connectivity index is 1.98. The van der Waals surface area contributed by atoms with Gasteiger partial charge >= 0.3 is 0 Å². The third kappa shape index (κ3) is 3.06. The summed E-state index contributed by atoms with van der Waals surface area (Å²) in [6, 6.07) is 7.23.